The number of halogens is 3. The van der Waals surface area contributed by atoms with Gasteiger partial charge in [-0.3, -0.25) is 4.79 Å². The smallest absolute Gasteiger partial charge is 0.303 e. The van der Waals surface area contributed by atoms with E-state index in [1.165, 1.54) is 0 Å². The van der Waals surface area contributed by atoms with Gasteiger partial charge < -0.3 is 5.11 Å². The number of aliphatic carboxylic acids is 1. The highest BCUT2D eigenvalue weighted by Crippen LogP contribution is 2.20. The van der Waals surface area contributed by atoms with E-state index >= 15 is 0 Å². The Hall–Kier alpha value is -0.740. The van der Waals surface area contributed by atoms with Crippen LogP contribution in [0.2, 0.25) is 0 Å². The molecule has 0 heterocycles. The van der Waals surface area contributed by atoms with E-state index in [1.807, 2.05) is 6.92 Å². The van der Waals surface area contributed by atoms with E-state index in [1.54, 1.807) is 0 Å². The maximum absolute atomic E-state index is 13.7. The molecule has 0 bridgehead atoms. The summed E-state index contributed by atoms with van der Waals surface area (Å²) in [5.74, 6) is -0.788. The van der Waals surface area contributed by atoms with Gasteiger partial charge in [0.1, 0.15) is 18.5 Å². The molecule has 0 aromatic carbocycles. The van der Waals surface area contributed by atoms with Crippen molar-refractivity contribution >= 4 is 5.97 Å². The molecular formula is C18H33F3O2. The lowest BCUT2D eigenvalue weighted by atomic mass is 10.0. The largest absolute Gasteiger partial charge is 0.481 e. The number of hydrogen-bond donors (Lipinski definition) is 1. The summed E-state index contributed by atoms with van der Waals surface area (Å²) in [5, 5.41) is 8.48. The van der Waals surface area contributed by atoms with Crippen LogP contribution in [0.15, 0.2) is 0 Å². The summed E-state index contributed by atoms with van der Waals surface area (Å²) < 4.78 is 40.8. The fraction of sp³-hybridized carbons (Fsp3) is 0.944. The first-order chi connectivity index (χ1) is 11.0. The number of carboxylic acids is 1. The summed E-state index contributed by atoms with van der Waals surface area (Å²) in [5.41, 5.74) is 0. The van der Waals surface area contributed by atoms with E-state index in [0.29, 0.717) is 25.7 Å². The Kier molecular flexibility index (Phi) is 14.4. The molecule has 0 aromatic heterocycles. The van der Waals surface area contributed by atoms with Crippen molar-refractivity contribution < 1.29 is 23.1 Å². The Morgan fingerprint density at radius 3 is 1.78 bits per heavy atom. The lowest BCUT2D eigenvalue weighted by Crippen LogP contribution is -2.15. The first-order valence-corrected chi connectivity index (χ1v) is 9.09. The molecule has 2 nitrogen and oxygen atoms in total. The number of rotatable bonds is 16. The summed E-state index contributed by atoms with van der Waals surface area (Å²) in [4.78, 5) is 10.3. The van der Waals surface area contributed by atoms with Gasteiger partial charge in [0.05, 0.1) is 0 Å². The number of carbonyl (C=O) groups is 1. The molecule has 0 fully saturated rings. The van der Waals surface area contributed by atoms with Crippen molar-refractivity contribution in [2.75, 3.05) is 0 Å². The highest BCUT2D eigenvalue weighted by atomic mass is 19.2. The molecule has 0 aliphatic carbocycles. The van der Waals surface area contributed by atoms with Crippen LogP contribution in [0.25, 0.3) is 0 Å². The van der Waals surface area contributed by atoms with Gasteiger partial charge >= 0.3 is 5.97 Å². The Morgan fingerprint density at radius 2 is 1.26 bits per heavy atom. The molecule has 138 valence electrons. The minimum Gasteiger partial charge on any atom is -0.481 e. The number of carboxylic acid groups (broad SMARTS) is 1. The van der Waals surface area contributed by atoms with Gasteiger partial charge in [-0.15, -0.1) is 0 Å². The Balaban J connectivity index is 3.53. The minimum atomic E-state index is -1.39. The second-order valence-corrected chi connectivity index (χ2v) is 6.46. The van der Waals surface area contributed by atoms with Crippen LogP contribution in [0.5, 0.6) is 0 Å². The standard InChI is InChI=1S/C18H33F3O2/c1-2-3-7-10-15(19)13-17(21)14-16(20)11-8-5-4-6-9-12-18(22)23/h15-17H,2-14H2,1H3,(H,22,23). The molecule has 0 saturated heterocycles. The predicted molar refractivity (Wildman–Crippen MR) is 88.0 cm³/mol. The molecule has 23 heavy (non-hydrogen) atoms. The molecule has 0 radical (unpaired) electrons. The second-order valence-electron chi connectivity index (χ2n) is 6.46. The average molecular weight is 338 g/mol. The lowest BCUT2D eigenvalue weighted by Gasteiger charge is -2.14. The lowest BCUT2D eigenvalue weighted by molar-refractivity contribution is -0.137. The molecule has 0 spiro atoms. The van der Waals surface area contributed by atoms with Gasteiger partial charge in [0.25, 0.3) is 0 Å². The third kappa shape index (κ3) is 15.9. The molecule has 1 N–H and O–H groups in total. The minimum absolute atomic E-state index is 0.178. The quantitative estimate of drug-likeness (QED) is 0.341. The van der Waals surface area contributed by atoms with E-state index in [4.69, 9.17) is 5.11 Å². The van der Waals surface area contributed by atoms with Crippen molar-refractivity contribution in [1.82, 2.24) is 0 Å². The monoisotopic (exact) mass is 338 g/mol. The molecule has 0 aromatic rings. The molecule has 0 rings (SSSR count). The van der Waals surface area contributed by atoms with Crippen LogP contribution >= 0.6 is 0 Å². The third-order valence-corrected chi connectivity index (χ3v) is 4.05. The topological polar surface area (TPSA) is 37.3 Å². The number of alkyl halides is 3. The average Bonchev–Trinajstić information content (AvgIpc) is 2.45. The molecule has 0 saturated carbocycles. The normalized spacial score (nSPS) is 15.3. The zero-order valence-corrected chi connectivity index (χ0v) is 14.4. The zero-order chi connectivity index (χ0) is 17.5. The van der Waals surface area contributed by atoms with Crippen LogP contribution < -0.4 is 0 Å². The fourth-order valence-corrected chi connectivity index (χ4v) is 2.68. The molecule has 5 heteroatoms. The van der Waals surface area contributed by atoms with Gasteiger partial charge in [-0.1, -0.05) is 51.9 Å². The van der Waals surface area contributed by atoms with Gasteiger partial charge in [-0.05, 0) is 19.3 Å². The Morgan fingerprint density at radius 1 is 0.783 bits per heavy atom. The van der Waals surface area contributed by atoms with Crippen LogP contribution in [-0.2, 0) is 4.79 Å². The highest BCUT2D eigenvalue weighted by molar-refractivity contribution is 5.66. The van der Waals surface area contributed by atoms with E-state index in [0.717, 1.165) is 38.5 Å². The van der Waals surface area contributed by atoms with Crippen LogP contribution in [0.1, 0.15) is 90.4 Å². The van der Waals surface area contributed by atoms with E-state index in [-0.39, 0.29) is 19.3 Å². The number of unbranched alkanes of at least 4 members (excludes halogenated alkanes) is 6. The van der Waals surface area contributed by atoms with Gasteiger partial charge in [0.15, 0.2) is 0 Å². The predicted octanol–water partition coefficient (Wildman–Crippen LogP) is 6.18. The molecule has 3 atom stereocenters. The second kappa shape index (κ2) is 14.8. The van der Waals surface area contributed by atoms with E-state index in [9.17, 15) is 18.0 Å². The van der Waals surface area contributed by atoms with Crippen molar-refractivity contribution in [3.8, 4) is 0 Å². The van der Waals surface area contributed by atoms with Crippen LogP contribution in [0.4, 0.5) is 13.2 Å². The van der Waals surface area contributed by atoms with Gasteiger partial charge in [0, 0.05) is 19.3 Å². The summed E-state index contributed by atoms with van der Waals surface area (Å²) in [6.07, 6.45) is 3.34. The number of hydrogen-bond acceptors (Lipinski definition) is 1. The van der Waals surface area contributed by atoms with E-state index < -0.39 is 24.5 Å². The maximum atomic E-state index is 13.7. The first kappa shape index (κ1) is 22.3. The summed E-state index contributed by atoms with van der Waals surface area (Å²) >= 11 is 0. The van der Waals surface area contributed by atoms with Crippen molar-refractivity contribution in [2.45, 2.75) is 109 Å². The third-order valence-electron chi connectivity index (χ3n) is 4.05. The van der Waals surface area contributed by atoms with Crippen LogP contribution in [0.3, 0.4) is 0 Å². The Bertz CT molecular complexity index is 287. The molecule has 0 aliphatic rings. The summed E-state index contributed by atoms with van der Waals surface area (Å²) in [6.45, 7) is 2.03. The van der Waals surface area contributed by atoms with Gasteiger partial charge in [-0.25, -0.2) is 13.2 Å². The van der Waals surface area contributed by atoms with Crippen molar-refractivity contribution in [2.24, 2.45) is 0 Å². The van der Waals surface area contributed by atoms with Crippen LogP contribution in [0, 0.1) is 0 Å². The summed E-state index contributed by atoms with van der Waals surface area (Å²) in [6, 6.07) is 0. The summed E-state index contributed by atoms with van der Waals surface area (Å²) in [7, 11) is 0. The zero-order valence-electron chi connectivity index (χ0n) is 14.4. The van der Waals surface area contributed by atoms with Crippen molar-refractivity contribution in [1.29, 1.82) is 0 Å². The molecule has 0 aliphatic heterocycles. The van der Waals surface area contributed by atoms with Crippen molar-refractivity contribution in [3.63, 3.8) is 0 Å². The van der Waals surface area contributed by atoms with E-state index in [2.05, 4.69) is 0 Å². The fourth-order valence-electron chi connectivity index (χ4n) is 2.68. The van der Waals surface area contributed by atoms with Gasteiger partial charge in [0.2, 0.25) is 0 Å². The Labute approximate surface area is 138 Å². The maximum Gasteiger partial charge on any atom is 0.303 e. The highest BCUT2D eigenvalue weighted by Gasteiger charge is 2.19. The van der Waals surface area contributed by atoms with Gasteiger partial charge in [-0.2, -0.15) is 0 Å². The molecule has 0 amide bonds. The SMILES string of the molecule is CCCCCC(F)CC(F)CC(F)CCCCCCCC(=O)O. The molecular weight excluding hydrogens is 305 g/mol. The van der Waals surface area contributed by atoms with Crippen LogP contribution in [-0.4, -0.2) is 29.6 Å². The first-order valence-electron chi connectivity index (χ1n) is 9.09. The van der Waals surface area contributed by atoms with Crippen molar-refractivity contribution in [3.05, 3.63) is 0 Å². The molecule has 3 unspecified atom stereocenters.